The van der Waals surface area contributed by atoms with Crippen LogP contribution in [0.5, 0.6) is 11.5 Å². The molecule has 0 unspecified atom stereocenters. The van der Waals surface area contributed by atoms with Crippen LogP contribution in [0.3, 0.4) is 0 Å². The summed E-state index contributed by atoms with van der Waals surface area (Å²) in [7, 11) is 1.54. The molecular formula is C12H14N4O3. The number of ether oxygens (including phenoxy) is 2. The van der Waals surface area contributed by atoms with Crippen molar-refractivity contribution in [3.05, 3.63) is 23.9 Å². The van der Waals surface area contributed by atoms with Gasteiger partial charge in [0.2, 0.25) is 0 Å². The molecule has 7 heteroatoms. The Kier molecular flexibility index (Phi) is 3.65. The summed E-state index contributed by atoms with van der Waals surface area (Å²) >= 11 is 0. The van der Waals surface area contributed by atoms with Crippen molar-refractivity contribution in [3.63, 3.8) is 0 Å². The van der Waals surface area contributed by atoms with Crippen LogP contribution in [0.1, 0.15) is 17.4 Å². The van der Waals surface area contributed by atoms with E-state index < -0.39 is 5.91 Å². The number of aromatic nitrogens is 3. The molecule has 0 fully saturated rings. The van der Waals surface area contributed by atoms with Crippen molar-refractivity contribution in [1.82, 2.24) is 15.4 Å². The van der Waals surface area contributed by atoms with Gasteiger partial charge in [-0.15, -0.1) is 0 Å². The van der Waals surface area contributed by atoms with E-state index in [1.54, 1.807) is 25.3 Å². The Morgan fingerprint density at radius 1 is 1.37 bits per heavy atom. The molecule has 0 aliphatic carbocycles. The minimum absolute atomic E-state index is 0.0891. The molecule has 19 heavy (non-hydrogen) atoms. The van der Waals surface area contributed by atoms with Gasteiger partial charge in [-0.05, 0) is 25.1 Å². The molecule has 1 aromatic heterocycles. The van der Waals surface area contributed by atoms with Crippen molar-refractivity contribution in [3.8, 4) is 22.8 Å². The molecule has 0 atom stereocenters. The zero-order chi connectivity index (χ0) is 13.8. The summed E-state index contributed by atoms with van der Waals surface area (Å²) in [4.78, 5) is 11.2. The van der Waals surface area contributed by atoms with Crippen LogP contribution in [0, 0.1) is 0 Å². The lowest BCUT2D eigenvalue weighted by Gasteiger charge is -2.10. The number of nitrogens with two attached hydrogens (primary N) is 1. The number of carbonyl (C=O) groups is 1. The van der Waals surface area contributed by atoms with Crippen LogP contribution in [0.25, 0.3) is 11.3 Å². The van der Waals surface area contributed by atoms with Gasteiger partial charge in [-0.3, -0.25) is 4.79 Å². The predicted molar refractivity (Wildman–Crippen MR) is 68.1 cm³/mol. The van der Waals surface area contributed by atoms with Crippen LogP contribution in [0.2, 0.25) is 0 Å². The Hall–Kier alpha value is -2.57. The fraction of sp³-hybridized carbons (Fsp3) is 0.250. The molecule has 2 rings (SSSR count). The summed E-state index contributed by atoms with van der Waals surface area (Å²) in [5, 5.41) is 10.0. The monoisotopic (exact) mass is 262 g/mol. The molecule has 0 saturated heterocycles. The van der Waals surface area contributed by atoms with E-state index in [9.17, 15) is 4.79 Å². The van der Waals surface area contributed by atoms with Crippen molar-refractivity contribution in [1.29, 1.82) is 0 Å². The minimum Gasteiger partial charge on any atom is -0.493 e. The van der Waals surface area contributed by atoms with Gasteiger partial charge >= 0.3 is 0 Å². The molecular weight excluding hydrogens is 248 g/mol. The Balaban J connectivity index is 2.45. The highest BCUT2D eigenvalue weighted by atomic mass is 16.5. The number of hydrogen-bond acceptors (Lipinski definition) is 5. The molecule has 2 aromatic rings. The first-order chi connectivity index (χ1) is 9.17. The molecule has 0 aliphatic heterocycles. The van der Waals surface area contributed by atoms with Crippen molar-refractivity contribution in [2.45, 2.75) is 6.92 Å². The van der Waals surface area contributed by atoms with Gasteiger partial charge in [-0.25, -0.2) is 0 Å². The Bertz CT molecular complexity index is 594. The van der Waals surface area contributed by atoms with Crippen molar-refractivity contribution < 1.29 is 14.3 Å². The molecule has 0 spiro atoms. The highest BCUT2D eigenvalue weighted by molar-refractivity contribution is 5.96. The minimum atomic E-state index is -0.642. The highest BCUT2D eigenvalue weighted by Gasteiger charge is 2.16. The topological polar surface area (TPSA) is 103 Å². The SMILES string of the molecule is CCOc1ccc(-c2n[nH]nc2C(N)=O)cc1OC. The molecule has 1 amide bonds. The number of aromatic amines is 1. The van der Waals surface area contributed by atoms with Crippen LogP contribution in [0.15, 0.2) is 18.2 Å². The quantitative estimate of drug-likeness (QED) is 0.835. The molecule has 0 bridgehead atoms. The number of hydrogen-bond donors (Lipinski definition) is 2. The molecule has 7 nitrogen and oxygen atoms in total. The summed E-state index contributed by atoms with van der Waals surface area (Å²) in [5.41, 5.74) is 6.37. The lowest BCUT2D eigenvalue weighted by Crippen LogP contribution is -2.12. The average Bonchev–Trinajstić information content (AvgIpc) is 2.89. The average molecular weight is 262 g/mol. The standard InChI is InChI=1S/C12H14N4O3/c1-3-19-8-5-4-7(6-9(8)18-2)10-11(12(13)17)15-16-14-10/h4-6H,3H2,1-2H3,(H2,13,17)(H,14,15,16). The Morgan fingerprint density at radius 2 is 2.16 bits per heavy atom. The van der Waals surface area contributed by atoms with Crippen molar-refractivity contribution in [2.24, 2.45) is 5.73 Å². The Labute approximate surface area is 109 Å². The third kappa shape index (κ3) is 2.49. The number of methoxy groups -OCH3 is 1. The number of H-pyrrole nitrogens is 1. The van der Waals surface area contributed by atoms with Gasteiger partial charge < -0.3 is 15.2 Å². The van der Waals surface area contributed by atoms with Gasteiger partial charge in [-0.2, -0.15) is 15.4 Å². The highest BCUT2D eigenvalue weighted by Crippen LogP contribution is 2.32. The van der Waals surface area contributed by atoms with E-state index in [1.165, 1.54) is 0 Å². The lowest BCUT2D eigenvalue weighted by atomic mass is 10.1. The number of nitrogens with zero attached hydrogens (tertiary/aromatic N) is 2. The number of rotatable bonds is 5. The maximum atomic E-state index is 11.2. The maximum Gasteiger partial charge on any atom is 0.271 e. The second-order valence-corrected chi connectivity index (χ2v) is 3.68. The summed E-state index contributed by atoms with van der Waals surface area (Å²) < 4.78 is 10.7. The number of amides is 1. The first-order valence-corrected chi connectivity index (χ1v) is 5.69. The van der Waals surface area contributed by atoms with Gasteiger partial charge in [0.15, 0.2) is 17.2 Å². The molecule has 0 radical (unpaired) electrons. The maximum absolute atomic E-state index is 11.2. The Morgan fingerprint density at radius 3 is 2.79 bits per heavy atom. The summed E-state index contributed by atoms with van der Waals surface area (Å²) in [5.74, 6) is 0.534. The van der Waals surface area contributed by atoms with Crippen LogP contribution in [-0.2, 0) is 0 Å². The second-order valence-electron chi connectivity index (χ2n) is 3.68. The number of benzene rings is 1. The summed E-state index contributed by atoms with van der Waals surface area (Å²) in [6.07, 6.45) is 0. The fourth-order valence-corrected chi connectivity index (χ4v) is 1.69. The largest absolute Gasteiger partial charge is 0.493 e. The molecule has 1 heterocycles. The van der Waals surface area contributed by atoms with Gasteiger partial charge in [0.25, 0.3) is 5.91 Å². The van der Waals surface area contributed by atoms with E-state index in [2.05, 4.69) is 15.4 Å². The van der Waals surface area contributed by atoms with E-state index in [1.807, 2.05) is 6.92 Å². The van der Waals surface area contributed by atoms with Crippen LogP contribution >= 0.6 is 0 Å². The van der Waals surface area contributed by atoms with E-state index in [-0.39, 0.29) is 5.69 Å². The first kappa shape index (κ1) is 12.9. The fourth-order valence-electron chi connectivity index (χ4n) is 1.69. The third-order valence-electron chi connectivity index (χ3n) is 2.52. The van der Waals surface area contributed by atoms with Gasteiger partial charge in [-0.1, -0.05) is 0 Å². The van der Waals surface area contributed by atoms with E-state index in [0.717, 1.165) is 0 Å². The number of carbonyl (C=O) groups excluding carboxylic acids is 1. The van der Waals surface area contributed by atoms with Gasteiger partial charge in [0.05, 0.1) is 13.7 Å². The third-order valence-corrected chi connectivity index (χ3v) is 2.52. The number of nitrogens with one attached hydrogen (secondary N) is 1. The first-order valence-electron chi connectivity index (χ1n) is 5.69. The van der Waals surface area contributed by atoms with Crippen molar-refractivity contribution >= 4 is 5.91 Å². The molecule has 100 valence electrons. The van der Waals surface area contributed by atoms with Crippen LogP contribution in [-0.4, -0.2) is 35.0 Å². The van der Waals surface area contributed by atoms with E-state index in [4.69, 9.17) is 15.2 Å². The smallest absolute Gasteiger partial charge is 0.271 e. The molecule has 0 saturated carbocycles. The zero-order valence-corrected chi connectivity index (χ0v) is 10.6. The molecule has 3 N–H and O–H groups in total. The molecule has 1 aromatic carbocycles. The van der Waals surface area contributed by atoms with Gasteiger partial charge in [0, 0.05) is 5.56 Å². The normalized spacial score (nSPS) is 10.2. The van der Waals surface area contributed by atoms with Crippen LogP contribution < -0.4 is 15.2 Å². The molecule has 0 aliphatic rings. The summed E-state index contributed by atoms with van der Waals surface area (Å²) in [6.45, 7) is 2.42. The van der Waals surface area contributed by atoms with E-state index >= 15 is 0 Å². The van der Waals surface area contributed by atoms with Crippen LogP contribution in [0.4, 0.5) is 0 Å². The van der Waals surface area contributed by atoms with E-state index in [0.29, 0.717) is 29.4 Å². The summed E-state index contributed by atoms with van der Waals surface area (Å²) in [6, 6.07) is 5.23. The van der Waals surface area contributed by atoms with Crippen molar-refractivity contribution in [2.75, 3.05) is 13.7 Å². The number of primary amides is 1. The second kappa shape index (κ2) is 5.38. The van der Waals surface area contributed by atoms with Gasteiger partial charge in [0.1, 0.15) is 5.69 Å². The lowest BCUT2D eigenvalue weighted by molar-refractivity contribution is 0.0996. The predicted octanol–water partition coefficient (Wildman–Crippen LogP) is 0.978. The zero-order valence-electron chi connectivity index (χ0n) is 10.6.